The highest BCUT2D eigenvalue weighted by molar-refractivity contribution is 6.20. The summed E-state index contributed by atoms with van der Waals surface area (Å²) in [7, 11) is 2.26. The number of nitrogens with one attached hydrogen (secondary N) is 1. The number of halogens is 1. The fraction of sp³-hybridized carbons (Fsp3) is 1.00. The van der Waals surface area contributed by atoms with Crippen molar-refractivity contribution in [3.63, 3.8) is 0 Å². The Bertz CT molecular complexity index is 185. The zero-order valence-corrected chi connectivity index (χ0v) is 11.8. The molecule has 1 fully saturated rings. The van der Waals surface area contributed by atoms with Gasteiger partial charge >= 0.3 is 0 Å². The van der Waals surface area contributed by atoms with Gasteiger partial charge in [-0.2, -0.15) is 0 Å². The van der Waals surface area contributed by atoms with E-state index in [1.54, 1.807) is 0 Å². The standard InChI is InChI=1S/C13H27ClN2/c1-11(14)10-12(2)15-8-7-13-6-4-5-9-16(13)3/h11-13,15H,4-10H2,1-3H3. The van der Waals surface area contributed by atoms with Crippen molar-refractivity contribution in [1.29, 1.82) is 0 Å². The molecule has 0 spiro atoms. The lowest BCUT2D eigenvalue weighted by molar-refractivity contribution is 0.174. The second-order valence-corrected chi connectivity index (χ2v) is 6.04. The van der Waals surface area contributed by atoms with Crippen molar-refractivity contribution in [3.05, 3.63) is 0 Å². The summed E-state index contributed by atoms with van der Waals surface area (Å²) >= 11 is 5.98. The smallest absolute Gasteiger partial charge is 0.0322 e. The van der Waals surface area contributed by atoms with Crippen LogP contribution < -0.4 is 5.32 Å². The second kappa shape index (κ2) is 7.52. The van der Waals surface area contributed by atoms with Crippen LogP contribution >= 0.6 is 11.6 Å². The maximum absolute atomic E-state index is 5.98. The van der Waals surface area contributed by atoms with Gasteiger partial charge in [0.2, 0.25) is 0 Å². The first kappa shape index (κ1) is 14.3. The average molecular weight is 247 g/mol. The molecule has 1 aliphatic rings. The third-order valence-electron chi connectivity index (χ3n) is 3.57. The summed E-state index contributed by atoms with van der Waals surface area (Å²) in [5.41, 5.74) is 0. The first-order valence-corrected chi connectivity index (χ1v) is 7.11. The van der Waals surface area contributed by atoms with Crippen LogP contribution in [0.1, 0.15) is 46.0 Å². The molecule has 0 radical (unpaired) electrons. The summed E-state index contributed by atoms with van der Waals surface area (Å²) in [5.74, 6) is 0. The summed E-state index contributed by atoms with van der Waals surface area (Å²) in [6.07, 6.45) is 6.49. The Morgan fingerprint density at radius 3 is 2.75 bits per heavy atom. The van der Waals surface area contributed by atoms with Gasteiger partial charge in [-0.25, -0.2) is 0 Å². The number of hydrogen-bond acceptors (Lipinski definition) is 2. The lowest BCUT2D eigenvalue weighted by Crippen LogP contribution is -2.39. The van der Waals surface area contributed by atoms with Crippen LogP contribution in [0.3, 0.4) is 0 Å². The minimum Gasteiger partial charge on any atom is -0.314 e. The molecule has 3 unspecified atom stereocenters. The first-order chi connectivity index (χ1) is 7.59. The Morgan fingerprint density at radius 1 is 1.38 bits per heavy atom. The number of alkyl halides is 1. The number of piperidine rings is 1. The molecule has 1 heterocycles. The van der Waals surface area contributed by atoms with Crippen molar-refractivity contribution in [2.75, 3.05) is 20.1 Å². The van der Waals surface area contributed by atoms with E-state index in [4.69, 9.17) is 11.6 Å². The van der Waals surface area contributed by atoms with E-state index in [1.807, 2.05) is 0 Å². The minimum absolute atomic E-state index is 0.278. The third kappa shape index (κ3) is 5.51. The highest BCUT2D eigenvalue weighted by atomic mass is 35.5. The van der Waals surface area contributed by atoms with Gasteiger partial charge in [0.1, 0.15) is 0 Å². The quantitative estimate of drug-likeness (QED) is 0.725. The van der Waals surface area contributed by atoms with Crippen LogP contribution in [-0.2, 0) is 0 Å². The molecular formula is C13H27ClN2. The van der Waals surface area contributed by atoms with Crippen molar-refractivity contribution in [1.82, 2.24) is 10.2 Å². The second-order valence-electron chi connectivity index (χ2n) is 5.29. The number of rotatable bonds is 6. The number of hydrogen-bond donors (Lipinski definition) is 1. The van der Waals surface area contributed by atoms with Gasteiger partial charge in [-0.1, -0.05) is 6.42 Å². The minimum atomic E-state index is 0.278. The summed E-state index contributed by atoms with van der Waals surface area (Å²) in [6, 6.07) is 1.34. The Balaban J connectivity index is 2.09. The predicted molar refractivity (Wildman–Crippen MR) is 72.3 cm³/mol. The Labute approximate surface area is 106 Å². The first-order valence-electron chi connectivity index (χ1n) is 6.67. The van der Waals surface area contributed by atoms with Crippen LogP contribution in [0.15, 0.2) is 0 Å². The normalized spacial score (nSPS) is 26.6. The van der Waals surface area contributed by atoms with Gasteiger partial charge in [-0.05, 0) is 59.7 Å². The van der Waals surface area contributed by atoms with E-state index < -0.39 is 0 Å². The summed E-state index contributed by atoms with van der Waals surface area (Å²) in [5, 5.41) is 3.85. The maximum Gasteiger partial charge on any atom is 0.0322 e. The summed E-state index contributed by atoms with van der Waals surface area (Å²) < 4.78 is 0. The topological polar surface area (TPSA) is 15.3 Å². The molecule has 16 heavy (non-hydrogen) atoms. The molecule has 1 rings (SSSR count). The molecule has 1 saturated heterocycles. The van der Waals surface area contributed by atoms with Crippen molar-refractivity contribution in [2.45, 2.75) is 63.4 Å². The van der Waals surface area contributed by atoms with Crippen molar-refractivity contribution < 1.29 is 0 Å². The lowest BCUT2D eigenvalue weighted by Gasteiger charge is -2.32. The molecule has 1 N–H and O–H groups in total. The van der Waals surface area contributed by atoms with E-state index >= 15 is 0 Å². The van der Waals surface area contributed by atoms with E-state index in [-0.39, 0.29) is 5.38 Å². The molecule has 0 amide bonds. The SMILES string of the molecule is CC(Cl)CC(C)NCCC1CCCCN1C. The lowest BCUT2D eigenvalue weighted by atomic mass is 10.00. The van der Waals surface area contributed by atoms with Crippen LogP contribution in [0.4, 0.5) is 0 Å². The molecule has 3 heteroatoms. The summed E-state index contributed by atoms with van der Waals surface area (Å²) in [4.78, 5) is 2.51. The van der Waals surface area contributed by atoms with E-state index in [0.29, 0.717) is 6.04 Å². The summed E-state index contributed by atoms with van der Waals surface area (Å²) in [6.45, 7) is 6.69. The monoisotopic (exact) mass is 246 g/mol. The van der Waals surface area contributed by atoms with Gasteiger partial charge in [0.05, 0.1) is 0 Å². The van der Waals surface area contributed by atoms with Crippen LogP contribution in [0, 0.1) is 0 Å². The molecule has 96 valence electrons. The van der Waals surface area contributed by atoms with Gasteiger partial charge in [0.15, 0.2) is 0 Å². The molecule has 3 atom stereocenters. The zero-order valence-electron chi connectivity index (χ0n) is 11.0. The molecule has 2 nitrogen and oxygen atoms in total. The molecule has 0 aromatic rings. The maximum atomic E-state index is 5.98. The van der Waals surface area contributed by atoms with Crippen LogP contribution in [0.2, 0.25) is 0 Å². The molecule has 0 aromatic carbocycles. The molecule has 0 saturated carbocycles. The number of likely N-dealkylation sites (tertiary alicyclic amines) is 1. The van der Waals surface area contributed by atoms with Crippen molar-refractivity contribution in [2.24, 2.45) is 0 Å². The third-order valence-corrected chi connectivity index (χ3v) is 3.75. The fourth-order valence-electron chi connectivity index (χ4n) is 2.58. The predicted octanol–water partition coefficient (Wildman–Crippen LogP) is 2.86. The Hall–Kier alpha value is 0.210. The fourth-order valence-corrected chi connectivity index (χ4v) is 2.84. The van der Waals surface area contributed by atoms with Gasteiger partial charge in [0.25, 0.3) is 0 Å². The van der Waals surface area contributed by atoms with Crippen LogP contribution in [0.5, 0.6) is 0 Å². The molecular weight excluding hydrogens is 220 g/mol. The largest absolute Gasteiger partial charge is 0.314 e. The molecule has 0 bridgehead atoms. The van der Waals surface area contributed by atoms with Gasteiger partial charge in [-0.15, -0.1) is 11.6 Å². The highest BCUT2D eigenvalue weighted by Gasteiger charge is 2.18. The van der Waals surface area contributed by atoms with Crippen LogP contribution in [-0.4, -0.2) is 42.5 Å². The van der Waals surface area contributed by atoms with Gasteiger partial charge in [-0.3, -0.25) is 0 Å². The molecule has 1 aliphatic heterocycles. The van der Waals surface area contributed by atoms with E-state index in [2.05, 4.69) is 31.1 Å². The molecule has 0 aromatic heterocycles. The van der Waals surface area contributed by atoms with Gasteiger partial charge in [0, 0.05) is 17.5 Å². The zero-order chi connectivity index (χ0) is 12.0. The van der Waals surface area contributed by atoms with Crippen LogP contribution in [0.25, 0.3) is 0 Å². The van der Waals surface area contributed by atoms with E-state index in [1.165, 1.54) is 32.2 Å². The Kier molecular flexibility index (Phi) is 6.71. The highest BCUT2D eigenvalue weighted by Crippen LogP contribution is 2.17. The van der Waals surface area contributed by atoms with Crippen molar-refractivity contribution >= 4 is 11.6 Å². The average Bonchev–Trinajstić information content (AvgIpc) is 2.19. The van der Waals surface area contributed by atoms with Gasteiger partial charge < -0.3 is 10.2 Å². The van der Waals surface area contributed by atoms with E-state index in [0.717, 1.165) is 19.0 Å². The van der Waals surface area contributed by atoms with E-state index in [9.17, 15) is 0 Å². The number of nitrogens with zero attached hydrogens (tertiary/aromatic N) is 1. The van der Waals surface area contributed by atoms with Crippen molar-refractivity contribution in [3.8, 4) is 0 Å². The molecule has 0 aliphatic carbocycles. The Morgan fingerprint density at radius 2 is 2.12 bits per heavy atom.